The van der Waals surface area contributed by atoms with E-state index >= 15 is 0 Å². The van der Waals surface area contributed by atoms with E-state index in [0.717, 1.165) is 12.8 Å². The Balaban J connectivity index is 0.00000243. The van der Waals surface area contributed by atoms with Gasteiger partial charge in [-0.05, 0) is 24.8 Å². The summed E-state index contributed by atoms with van der Waals surface area (Å²) in [5, 5.41) is 18.8. The van der Waals surface area contributed by atoms with Crippen LogP contribution in [0.25, 0.3) is 5.69 Å². The number of nitro groups is 1. The number of halogens is 1. The highest BCUT2D eigenvalue weighted by Gasteiger charge is 2.31. The molecule has 2 aromatic rings. The molecule has 0 bridgehead atoms. The molecule has 2 atom stereocenters. The molecule has 3 rings (SSSR count). The molecule has 26 heavy (non-hydrogen) atoms. The molecule has 0 radical (unpaired) electrons. The zero-order valence-electron chi connectivity index (χ0n) is 14.3. The van der Waals surface area contributed by atoms with E-state index < -0.39 is 4.92 Å². The summed E-state index contributed by atoms with van der Waals surface area (Å²) in [4.78, 5) is 24.9. The summed E-state index contributed by atoms with van der Waals surface area (Å²) < 4.78 is 1.37. The van der Waals surface area contributed by atoms with Crippen LogP contribution in [0.15, 0.2) is 30.5 Å². The van der Waals surface area contributed by atoms with Gasteiger partial charge < -0.3 is 10.6 Å². The van der Waals surface area contributed by atoms with Crippen LogP contribution in [0.1, 0.15) is 30.3 Å². The van der Waals surface area contributed by atoms with E-state index in [1.165, 1.54) is 23.0 Å². The molecule has 1 aliphatic rings. The lowest BCUT2D eigenvalue weighted by atomic mass is 9.92. The first-order valence-electron chi connectivity index (χ1n) is 8.17. The van der Waals surface area contributed by atoms with Crippen molar-refractivity contribution < 1.29 is 9.72 Å². The fourth-order valence-electron chi connectivity index (χ4n) is 3.13. The molecule has 1 aromatic heterocycles. The maximum absolute atomic E-state index is 12.7. The van der Waals surface area contributed by atoms with Gasteiger partial charge in [-0.15, -0.1) is 17.5 Å². The first-order valence-corrected chi connectivity index (χ1v) is 8.17. The fraction of sp³-hybridized carbons (Fsp3) is 0.438. The Morgan fingerprint density at radius 3 is 2.92 bits per heavy atom. The Bertz CT molecular complexity index is 796. The van der Waals surface area contributed by atoms with Crippen molar-refractivity contribution in [3.05, 3.63) is 46.3 Å². The van der Waals surface area contributed by atoms with Crippen molar-refractivity contribution in [3.63, 3.8) is 0 Å². The number of rotatable bonds is 4. The van der Waals surface area contributed by atoms with Gasteiger partial charge in [-0.25, -0.2) is 4.68 Å². The molecule has 1 fully saturated rings. The summed E-state index contributed by atoms with van der Waals surface area (Å²) in [6.07, 6.45) is 3.30. The summed E-state index contributed by atoms with van der Waals surface area (Å²) in [5.41, 5.74) is 6.45. The maximum Gasteiger partial charge on any atom is 0.276 e. The van der Waals surface area contributed by atoms with Crippen molar-refractivity contribution in [3.8, 4) is 5.69 Å². The summed E-state index contributed by atoms with van der Waals surface area (Å²) in [6.45, 7) is 3.21. The predicted octanol–water partition coefficient (Wildman–Crippen LogP) is 1.80. The molecule has 1 saturated heterocycles. The summed E-state index contributed by atoms with van der Waals surface area (Å²) >= 11 is 0. The Kier molecular flexibility index (Phi) is 6.27. The topological polar surface area (TPSA) is 120 Å². The molecule has 2 heterocycles. The van der Waals surface area contributed by atoms with Crippen LogP contribution in [0, 0.1) is 16.0 Å². The van der Waals surface area contributed by atoms with Gasteiger partial charge in [0, 0.05) is 31.3 Å². The third-order valence-electron chi connectivity index (χ3n) is 4.53. The number of non-ortho nitro benzene ring substituents is 1. The van der Waals surface area contributed by atoms with Crippen molar-refractivity contribution >= 4 is 24.0 Å². The van der Waals surface area contributed by atoms with Gasteiger partial charge in [0.2, 0.25) is 0 Å². The van der Waals surface area contributed by atoms with Crippen molar-refractivity contribution in [1.29, 1.82) is 0 Å². The lowest BCUT2D eigenvalue weighted by Gasteiger charge is -2.37. The van der Waals surface area contributed by atoms with Crippen LogP contribution in [0.3, 0.4) is 0 Å². The van der Waals surface area contributed by atoms with Crippen LogP contribution in [-0.2, 0) is 0 Å². The van der Waals surface area contributed by atoms with Gasteiger partial charge in [0.25, 0.3) is 11.6 Å². The van der Waals surface area contributed by atoms with Gasteiger partial charge in [0.1, 0.15) is 0 Å². The molecule has 0 spiro atoms. The van der Waals surface area contributed by atoms with Gasteiger partial charge in [-0.2, -0.15) is 0 Å². The van der Waals surface area contributed by atoms with Crippen molar-refractivity contribution in [2.24, 2.45) is 11.7 Å². The van der Waals surface area contributed by atoms with E-state index in [1.807, 2.05) is 0 Å². The molecule has 0 saturated carbocycles. The van der Waals surface area contributed by atoms with Crippen LogP contribution in [0.4, 0.5) is 5.69 Å². The second kappa shape index (κ2) is 8.24. The third-order valence-corrected chi connectivity index (χ3v) is 4.53. The highest BCUT2D eigenvalue weighted by atomic mass is 35.5. The minimum Gasteiger partial charge on any atom is -0.333 e. The van der Waals surface area contributed by atoms with E-state index in [4.69, 9.17) is 5.73 Å². The molecular formula is C16H21ClN6O3. The summed E-state index contributed by atoms with van der Waals surface area (Å²) in [6, 6.07) is 6.01. The number of hydrogen-bond donors (Lipinski definition) is 1. The van der Waals surface area contributed by atoms with Crippen LogP contribution in [-0.4, -0.2) is 49.9 Å². The Morgan fingerprint density at radius 1 is 1.46 bits per heavy atom. The predicted molar refractivity (Wildman–Crippen MR) is 97.5 cm³/mol. The van der Waals surface area contributed by atoms with E-state index in [2.05, 4.69) is 17.2 Å². The van der Waals surface area contributed by atoms with E-state index in [-0.39, 0.29) is 35.7 Å². The maximum atomic E-state index is 12.7. The number of hydrogen-bond acceptors (Lipinski definition) is 6. The zero-order chi connectivity index (χ0) is 18.0. The van der Waals surface area contributed by atoms with Gasteiger partial charge in [0.05, 0.1) is 16.8 Å². The molecule has 1 aliphatic heterocycles. The molecule has 9 nitrogen and oxygen atoms in total. The van der Waals surface area contributed by atoms with Crippen molar-refractivity contribution in [1.82, 2.24) is 19.9 Å². The van der Waals surface area contributed by atoms with Crippen molar-refractivity contribution in [2.45, 2.75) is 25.8 Å². The summed E-state index contributed by atoms with van der Waals surface area (Å²) in [7, 11) is 0. The Hall–Kier alpha value is -2.52. The van der Waals surface area contributed by atoms with Gasteiger partial charge >= 0.3 is 0 Å². The second-order valence-electron chi connectivity index (χ2n) is 6.34. The van der Waals surface area contributed by atoms with Gasteiger partial charge in [0.15, 0.2) is 5.69 Å². The third kappa shape index (κ3) is 4.00. The lowest BCUT2D eigenvalue weighted by Crippen LogP contribution is -2.49. The van der Waals surface area contributed by atoms with Crippen LogP contribution in [0.2, 0.25) is 0 Å². The first-order chi connectivity index (χ1) is 12.0. The number of carbonyl (C=O) groups excluding carboxylic acids is 1. The number of carbonyl (C=O) groups is 1. The average molecular weight is 381 g/mol. The second-order valence-corrected chi connectivity index (χ2v) is 6.34. The number of piperidine rings is 1. The number of nitrogens with zero attached hydrogens (tertiary/aromatic N) is 5. The lowest BCUT2D eigenvalue weighted by molar-refractivity contribution is -0.384. The molecule has 140 valence electrons. The van der Waals surface area contributed by atoms with Crippen molar-refractivity contribution in [2.75, 3.05) is 13.1 Å². The van der Waals surface area contributed by atoms with E-state index in [9.17, 15) is 14.9 Å². The Morgan fingerprint density at radius 2 is 2.23 bits per heavy atom. The molecule has 1 aromatic carbocycles. The highest BCUT2D eigenvalue weighted by Crippen LogP contribution is 2.23. The molecule has 10 heteroatoms. The van der Waals surface area contributed by atoms with Crippen LogP contribution >= 0.6 is 12.4 Å². The van der Waals surface area contributed by atoms with Gasteiger partial charge in [-0.3, -0.25) is 14.9 Å². The summed E-state index contributed by atoms with van der Waals surface area (Å²) in [5.74, 6) is 0.331. The number of likely N-dealkylation sites (tertiary alicyclic amines) is 1. The number of amides is 1. The minimum atomic E-state index is -0.479. The molecule has 2 unspecified atom stereocenters. The smallest absolute Gasteiger partial charge is 0.276 e. The highest BCUT2D eigenvalue weighted by molar-refractivity contribution is 5.92. The SMILES string of the molecule is CC1CCN(C(=O)c2cn(-c3cccc([N+](=O)[O-])c3)nn2)C(CN)C1.Cl. The Labute approximate surface area is 156 Å². The molecule has 1 amide bonds. The minimum absolute atomic E-state index is 0. The quantitative estimate of drug-likeness (QED) is 0.637. The van der Waals surface area contributed by atoms with Crippen LogP contribution < -0.4 is 5.73 Å². The number of benzene rings is 1. The number of nitro benzene ring substituents is 1. The number of nitrogens with two attached hydrogens (primary N) is 1. The number of aromatic nitrogens is 3. The molecular weight excluding hydrogens is 360 g/mol. The first kappa shape index (κ1) is 19.8. The fourth-order valence-corrected chi connectivity index (χ4v) is 3.13. The van der Waals surface area contributed by atoms with E-state index in [1.54, 1.807) is 17.0 Å². The van der Waals surface area contributed by atoms with E-state index in [0.29, 0.717) is 24.7 Å². The van der Waals surface area contributed by atoms with Gasteiger partial charge in [-0.1, -0.05) is 18.2 Å². The largest absolute Gasteiger partial charge is 0.333 e. The standard InChI is InChI=1S/C16H20N6O3.ClH/c1-11-5-6-20(14(7-11)9-17)16(23)15-10-21(19-18-15)12-3-2-4-13(8-12)22(24)25;/h2-4,8,10-11,14H,5-7,9,17H2,1H3;1H. The monoisotopic (exact) mass is 380 g/mol. The van der Waals surface area contributed by atoms with Crippen LogP contribution in [0.5, 0.6) is 0 Å². The normalized spacial score (nSPS) is 19.7. The molecule has 2 N–H and O–H groups in total. The average Bonchev–Trinajstić information content (AvgIpc) is 3.11. The zero-order valence-corrected chi connectivity index (χ0v) is 15.1. The molecule has 0 aliphatic carbocycles.